The van der Waals surface area contributed by atoms with Gasteiger partial charge in [-0.2, -0.15) is 0 Å². The van der Waals surface area contributed by atoms with Gasteiger partial charge in [-0.05, 0) is 19.8 Å². The molecular formula is C10H15NO6. The van der Waals surface area contributed by atoms with E-state index in [9.17, 15) is 14.4 Å². The summed E-state index contributed by atoms with van der Waals surface area (Å²) in [5.41, 5.74) is -1.09. The quantitative estimate of drug-likeness (QED) is 0.680. The van der Waals surface area contributed by atoms with Gasteiger partial charge >= 0.3 is 11.9 Å². The molecule has 1 aliphatic rings. The summed E-state index contributed by atoms with van der Waals surface area (Å²) in [6.07, 6.45) is 1.18. The standard InChI is InChI=1S/C10H15NO6/c1-10(3-2-4-17-10)9(16)11(5-7(12)13)6-8(14)15/h2-6H2,1H3,(H,12,13)(H,14,15). The molecule has 1 heterocycles. The number of aliphatic carboxylic acids is 2. The fraction of sp³-hybridized carbons (Fsp3) is 0.700. The Balaban J connectivity index is 2.77. The molecule has 1 unspecified atom stereocenters. The second-order valence-corrected chi connectivity index (χ2v) is 4.13. The Hall–Kier alpha value is -1.63. The van der Waals surface area contributed by atoms with Gasteiger partial charge in [0, 0.05) is 6.61 Å². The summed E-state index contributed by atoms with van der Waals surface area (Å²) in [4.78, 5) is 34.0. The van der Waals surface area contributed by atoms with Gasteiger partial charge in [-0.25, -0.2) is 0 Å². The summed E-state index contributed by atoms with van der Waals surface area (Å²) < 4.78 is 5.27. The first kappa shape index (κ1) is 13.4. The molecule has 0 aliphatic carbocycles. The summed E-state index contributed by atoms with van der Waals surface area (Å²) in [7, 11) is 0. The lowest BCUT2D eigenvalue weighted by atomic mass is 10.0. The predicted octanol–water partition coefficient (Wildman–Crippen LogP) is -0.447. The third-order valence-corrected chi connectivity index (χ3v) is 2.61. The number of hydrogen-bond acceptors (Lipinski definition) is 4. The average molecular weight is 245 g/mol. The monoisotopic (exact) mass is 245 g/mol. The van der Waals surface area contributed by atoms with E-state index < -0.39 is 36.5 Å². The highest BCUT2D eigenvalue weighted by Crippen LogP contribution is 2.27. The van der Waals surface area contributed by atoms with Crippen molar-refractivity contribution in [2.45, 2.75) is 25.4 Å². The van der Waals surface area contributed by atoms with Crippen molar-refractivity contribution in [1.82, 2.24) is 4.90 Å². The highest BCUT2D eigenvalue weighted by Gasteiger charge is 2.41. The van der Waals surface area contributed by atoms with Crippen LogP contribution in [-0.4, -0.2) is 58.3 Å². The molecule has 0 spiro atoms. The van der Waals surface area contributed by atoms with Crippen molar-refractivity contribution in [3.8, 4) is 0 Å². The van der Waals surface area contributed by atoms with Gasteiger partial charge in [0.05, 0.1) is 0 Å². The number of carbonyl (C=O) groups excluding carboxylic acids is 1. The lowest BCUT2D eigenvalue weighted by Gasteiger charge is -2.28. The van der Waals surface area contributed by atoms with E-state index in [0.29, 0.717) is 19.4 Å². The van der Waals surface area contributed by atoms with Gasteiger partial charge in [-0.1, -0.05) is 0 Å². The second-order valence-electron chi connectivity index (χ2n) is 4.13. The molecule has 1 aliphatic heterocycles. The minimum absolute atomic E-state index is 0.427. The van der Waals surface area contributed by atoms with Crippen LogP contribution < -0.4 is 0 Å². The molecule has 0 aromatic carbocycles. The summed E-state index contributed by atoms with van der Waals surface area (Å²) in [5, 5.41) is 17.3. The number of ether oxygens (including phenoxy) is 1. The molecule has 0 radical (unpaired) electrons. The number of carboxylic acid groups (broad SMARTS) is 2. The zero-order chi connectivity index (χ0) is 13.1. The maximum absolute atomic E-state index is 12.0. The molecule has 1 amide bonds. The van der Waals surface area contributed by atoms with Gasteiger partial charge in [0.2, 0.25) is 0 Å². The van der Waals surface area contributed by atoms with E-state index in [2.05, 4.69) is 0 Å². The summed E-state index contributed by atoms with van der Waals surface area (Å²) >= 11 is 0. The van der Waals surface area contributed by atoms with Gasteiger partial charge in [0.25, 0.3) is 5.91 Å². The molecule has 1 saturated heterocycles. The number of nitrogens with zero attached hydrogens (tertiary/aromatic N) is 1. The first-order valence-electron chi connectivity index (χ1n) is 5.22. The maximum atomic E-state index is 12.0. The van der Waals surface area contributed by atoms with Crippen LogP contribution in [0.5, 0.6) is 0 Å². The van der Waals surface area contributed by atoms with Crippen molar-refractivity contribution in [2.24, 2.45) is 0 Å². The highest BCUT2D eigenvalue weighted by atomic mass is 16.5. The molecule has 96 valence electrons. The van der Waals surface area contributed by atoms with Crippen molar-refractivity contribution in [3.63, 3.8) is 0 Å². The Morgan fingerprint density at radius 2 is 1.76 bits per heavy atom. The van der Waals surface area contributed by atoms with Crippen LogP contribution >= 0.6 is 0 Å². The van der Waals surface area contributed by atoms with Crippen LogP contribution in [-0.2, 0) is 19.1 Å². The van der Waals surface area contributed by atoms with Gasteiger partial charge < -0.3 is 19.8 Å². The zero-order valence-corrected chi connectivity index (χ0v) is 9.51. The molecule has 0 aromatic rings. The van der Waals surface area contributed by atoms with Crippen molar-refractivity contribution in [1.29, 1.82) is 0 Å². The van der Waals surface area contributed by atoms with Crippen LogP contribution in [0.1, 0.15) is 19.8 Å². The van der Waals surface area contributed by atoms with Gasteiger partial charge in [-0.15, -0.1) is 0 Å². The SMILES string of the molecule is CC1(C(=O)N(CC(=O)O)CC(=O)O)CCCO1. The largest absolute Gasteiger partial charge is 0.480 e. The van der Waals surface area contributed by atoms with E-state index in [1.165, 1.54) is 0 Å². The van der Waals surface area contributed by atoms with Crippen molar-refractivity contribution < 1.29 is 29.3 Å². The summed E-state index contributed by atoms with van der Waals surface area (Å²) in [5.74, 6) is -3.08. The first-order chi connectivity index (χ1) is 7.85. The number of carbonyl (C=O) groups is 3. The van der Waals surface area contributed by atoms with Crippen LogP contribution in [0.4, 0.5) is 0 Å². The fourth-order valence-corrected chi connectivity index (χ4v) is 1.81. The highest BCUT2D eigenvalue weighted by molar-refractivity contribution is 5.90. The van der Waals surface area contributed by atoms with E-state index in [1.54, 1.807) is 6.92 Å². The molecule has 7 nitrogen and oxygen atoms in total. The normalized spacial score (nSPS) is 23.4. The predicted molar refractivity (Wildman–Crippen MR) is 55.4 cm³/mol. The molecule has 17 heavy (non-hydrogen) atoms. The maximum Gasteiger partial charge on any atom is 0.323 e. The third-order valence-electron chi connectivity index (χ3n) is 2.61. The molecule has 0 aromatic heterocycles. The first-order valence-corrected chi connectivity index (χ1v) is 5.22. The van der Waals surface area contributed by atoms with Gasteiger partial charge in [-0.3, -0.25) is 14.4 Å². The topological polar surface area (TPSA) is 104 Å². The molecule has 1 fully saturated rings. The Bertz CT molecular complexity index is 318. The molecule has 0 bridgehead atoms. The lowest BCUT2D eigenvalue weighted by Crippen LogP contribution is -2.50. The lowest BCUT2D eigenvalue weighted by molar-refractivity contribution is -0.159. The van der Waals surface area contributed by atoms with Crippen molar-refractivity contribution in [3.05, 3.63) is 0 Å². The molecule has 1 rings (SSSR count). The second kappa shape index (κ2) is 5.13. The molecule has 1 atom stereocenters. The molecule has 7 heteroatoms. The fourth-order valence-electron chi connectivity index (χ4n) is 1.81. The minimum Gasteiger partial charge on any atom is -0.480 e. The Kier molecular flexibility index (Phi) is 4.06. The zero-order valence-electron chi connectivity index (χ0n) is 9.51. The third kappa shape index (κ3) is 3.42. The Morgan fingerprint density at radius 3 is 2.12 bits per heavy atom. The van der Waals surface area contributed by atoms with Crippen molar-refractivity contribution in [2.75, 3.05) is 19.7 Å². The minimum atomic E-state index is -1.25. The smallest absolute Gasteiger partial charge is 0.323 e. The Morgan fingerprint density at radius 1 is 1.24 bits per heavy atom. The number of rotatable bonds is 5. The van der Waals surface area contributed by atoms with E-state index in [-0.39, 0.29) is 0 Å². The number of carboxylic acids is 2. The van der Waals surface area contributed by atoms with Gasteiger partial charge in [0.1, 0.15) is 18.7 Å². The van der Waals surface area contributed by atoms with E-state index in [4.69, 9.17) is 14.9 Å². The number of amides is 1. The molecule has 2 N–H and O–H groups in total. The van der Waals surface area contributed by atoms with E-state index >= 15 is 0 Å². The summed E-state index contributed by atoms with van der Waals surface area (Å²) in [6, 6.07) is 0. The average Bonchev–Trinajstić information content (AvgIpc) is 2.63. The van der Waals surface area contributed by atoms with Crippen LogP contribution in [0.25, 0.3) is 0 Å². The summed E-state index contributed by atoms with van der Waals surface area (Å²) in [6.45, 7) is 0.712. The van der Waals surface area contributed by atoms with Gasteiger partial charge in [0.15, 0.2) is 0 Å². The van der Waals surface area contributed by atoms with E-state index in [1.807, 2.05) is 0 Å². The van der Waals surface area contributed by atoms with E-state index in [0.717, 1.165) is 4.90 Å². The Labute approximate surface area is 98.0 Å². The molecule has 0 saturated carbocycles. The van der Waals surface area contributed by atoms with Crippen LogP contribution in [0, 0.1) is 0 Å². The number of hydrogen-bond donors (Lipinski definition) is 2. The van der Waals surface area contributed by atoms with Crippen LogP contribution in [0.3, 0.4) is 0 Å². The van der Waals surface area contributed by atoms with Crippen molar-refractivity contribution >= 4 is 17.8 Å². The molecular weight excluding hydrogens is 230 g/mol. The van der Waals surface area contributed by atoms with Crippen LogP contribution in [0.2, 0.25) is 0 Å². The van der Waals surface area contributed by atoms with Crippen LogP contribution in [0.15, 0.2) is 0 Å².